The smallest absolute Gasteiger partial charge is 0.340 e. The number of aromatic nitrogens is 1. The third kappa shape index (κ3) is 4.23. The van der Waals surface area contributed by atoms with Crippen LogP contribution >= 0.6 is 0 Å². The number of aromatic amines is 1. The highest BCUT2D eigenvalue weighted by atomic mass is 16.5. The topological polar surface area (TPSA) is 82.7 Å². The first-order valence-electron chi connectivity index (χ1n) is 10.4. The normalized spacial score (nSPS) is 17.8. The van der Waals surface area contributed by atoms with Crippen molar-refractivity contribution in [3.8, 4) is 0 Å². The lowest BCUT2D eigenvalue weighted by molar-refractivity contribution is -0.131. The Morgan fingerprint density at radius 1 is 1.04 bits per heavy atom. The zero-order valence-corrected chi connectivity index (χ0v) is 17.2. The lowest BCUT2D eigenvalue weighted by atomic mass is 9.92. The molecule has 2 amide bonds. The Bertz CT molecular complexity index is 741. The highest BCUT2D eigenvalue weighted by molar-refractivity contribution is 6.00. The van der Waals surface area contributed by atoms with Crippen molar-refractivity contribution in [3.63, 3.8) is 0 Å². The molecule has 0 bridgehead atoms. The van der Waals surface area contributed by atoms with Crippen molar-refractivity contribution >= 4 is 17.8 Å². The molecule has 1 N–H and O–H groups in total. The number of hydrogen-bond donors (Lipinski definition) is 1. The van der Waals surface area contributed by atoms with Crippen LogP contribution in [0.4, 0.5) is 0 Å². The number of esters is 1. The maximum Gasteiger partial charge on any atom is 0.340 e. The van der Waals surface area contributed by atoms with Crippen molar-refractivity contribution in [1.82, 2.24) is 14.8 Å². The van der Waals surface area contributed by atoms with E-state index in [0.29, 0.717) is 54.5 Å². The van der Waals surface area contributed by atoms with Crippen molar-refractivity contribution in [2.75, 3.05) is 32.8 Å². The summed E-state index contributed by atoms with van der Waals surface area (Å²) in [5.41, 5.74) is 2.22. The van der Waals surface area contributed by atoms with E-state index in [9.17, 15) is 14.4 Å². The minimum absolute atomic E-state index is 0.0829. The minimum atomic E-state index is -0.396. The van der Waals surface area contributed by atoms with Crippen LogP contribution in [0.25, 0.3) is 0 Å². The maximum absolute atomic E-state index is 13.0. The average molecular weight is 389 g/mol. The van der Waals surface area contributed by atoms with Gasteiger partial charge in [-0.25, -0.2) is 4.79 Å². The van der Waals surface area contributed by atoms with Crippen LogP contribution < -0.4 is 0 Å². The number of aryl methyl sites for hydroxylation is 1. The summed E-state index contributed by atoms with van der Waals surface area (Å²) >= 11 is 0. The van der Waals surface area contributed by atoms with Gasteiger partial charge in [0.2, 0.25) is 5.91 Å². The standard InChI is InChI=1S/C21H31N3O4/c1-4-28-21(27)18-14(2)19(22-15(18)3)20(26)24-11-7-16(8-12-24)13-17(25)23-9-5-6-10-23/h16,22H,4-13H2,1-3H3. The summed E-state index contributed by atoms with van der Waals surface area (Å²) in [4.78, 5) is 44.3. The molecule has 0 unspecified atom stereocenters. The van der Waals surface area contributed by atoms with Crippen molar-refractivity contribution in [2.45, 2.75) is 52.9 Å². The summed E-state index contributed by atoms with van der Waals surface area (Å²) in [7, 11) is 0. The Morgan fingerprint density at radius 2 is 1.68 bits per heavy atom. The number of nitrogens with one attached hydrogen (secondary N) is 1. The number of ether oxygens (including phenoxy) is 1. The molecule has 0 aliphatic carbocycles. The lowest BCUT2D eigenvalue weighted by Gasteiger charge is -2.32. The Hall–Kier alpha value is -2.31. The lowest BCUT2D eigenvalue weighted by Crippen LogP contribution is -2.40. The van der Waals surface area contributed by atoms with Gasteiger partial charge in [-0.15, -0.1) is 0 Å². The van der Waals surface area contributed by atoms with Gasteiger partial charge in [-0.3, -0.25) is 9.59 Å². The number of rotatable bonds is 5. The molecular weight excluding hydrogens is 358 g/mol. The fraction of sp³-hybridized carbons (Fsp3) is 0.667. The second kappa shape index (κ2) is 8.80. The van der Waals surface area contributed by atoms with Gasteiger partial charge in [-0.1, -0.05) is 0 Å². The van der Waals surface area contributed by atoms with E-state index in [4.69, 9.17) is 4.74 Å². The fourth-order valence-electron chi connectivity index (χ4n) is 4.31. The van der Waals surface area contributed by atoms with Crippen molar-refractivity contribution in [3.05, 3.63) is 22.5 Å². The van der Waals surface area contributed by atoms with Crippen LogP contribution in [0.5, 0.6) is 0 Å². The van der Waals surface area contributed by atoms with E-state index in [1.54, 1.807) is 20.8 Å². The monoisotopic (exact) mass is 389 g/mol. The average Bonchev–Trinajstić information content (AvgIpc) is 3.30. The molecule has 154 valence electrons. The molecule has 7 nitrogen and oxygen atoms in total. The molecule has 7 heteroatoms. The summed E-state index contributed by atoms with van der Waals surface area (Å²) in [5, 5.41) is 0. The van der Waals surface area contributed by atoms with E-state index in [1.807, 2.05) is 9.80 Å². The van der Waals surface area contributed by atoms with Crippen molar-refractivity contribution in [1.29, 1.82) is 0 Å². The van der Waals surface area contributed by atoms with Crippen LogP contribution in [-0.4, -0.2) is 65.4 Å². The van der Waals surface area contributed by atoms with E-state index >= 15 is 0 Å². The number of carbonyl (C=O) groups is 3. The predicted octanol–water partition coefficient (Wildman–Crippen LogP) is 2.67. The summed E-state index contributed by atoms with van der Waals surface area (Å²) in [6.07, 6.45) is 4.50. The van der Waals surface area contributed by atoms with Gasteiger partial charge < -0.3 is 19.5 Å². The van der Waals surface area contributed by atoms with Gasteiger partial charge in [-0.2, -0.15) is 0 Å². The SMILES string of the molecule is CCOC(=O)c1c(C)[nH]c(C(=O)N2CCC(CC(=O)N3CCCC3)CC2)c1C. The largest absolute Gasteiger partial charge is 0.462 e. The second-order valence-electron chi connectivity index (χ2n) is 7.87. The van der Waals surface area contributed by atoms with Gasteiger partial charge in [0.05, 0.1) is 12.2 Å². The quantitative estimate of drug-likeness (QED) is 0.785. The Morgan fingerprint density at radius 3 is 2.29 bits per heavy atom. The van der Waals surface area contributed by atoms with Crippen LogP contribution in [-0.2, 0) is 9.53 Å². The first-order valence-corrected chi connectivity index (χ1v) is 10.4. The molecule has 0 spiro atoms. The van der Waals surface area contributed by atoms with Crippen LogP contribution in [0, 0.1) is 19.8 Å². The molecule has 0 saturated carbocycles. The van der Waals surface area contributed by atoms with Crippen molar-refractivity contribution in [2.24, 2.45) is 5.92 Å². The number of H-pyrrole nitrogens is 1. The zero-order valence-electron chi connectivity index (χ0n) is 17.2. The minimum Gasteiger partial charge on any atom is -0.462 e. The first-order chi connectivity index (χ1) is 13.4. The summed E-state index contributed by atoms with van der Waals surface area (Å²) < 4.78 is 5.10. The van der Waals surface area contributed by atoms with E-state index < -0.39 is 5.97 Å². The molecule has 2 aliphatic rings. The first kappa shape index (κ1) is 20.4. The second-order valence-corrected chi connectivity index (χ2v) is 7.87. The summed E-state index contributed by atoms with van der Waals surface area (Å²) in [5.74, 6) is 0.128. The number of nitrogens with zero attached hydrogens (tertiary/aromatic N) is 2. The van der Waals surface area contributed by atoms with Gasteiger partial charge in [-0.05, 0) is 57.9 Å². The number of likely N-dealkylation sites (tertiary alicyclic amines) is 2. The zero-order chi connectivity index (χ0) is 20.3. The van der Waals surface area contributed by atoms with Crippen LogP contribution in [0.2, 0.25) is 0 Å². The van der Waals surface area contributed by atoms with Gasteiger partial charge in [0.25, 0.3) is 5.91 Å². The molecule has 0 atom stereocenters. The number of amides is 2. The number of carbonyl (C=O) groups excluding carboxylic acids is 3. The molecule has 28 heavy (non-hydrogen) atoms. The van der Waals surface area contributed by atoms with Gasteiger partial charge >= 0.3 is 5.97 Å². The molecule has 0 radical (unpaired) electrons. The molecule has 2 aliphatic heterocycles. The van der Waals surface area contributed by atoms with E-state index in [-0.39, 0.29) is 11.8 Å². The van der Waals surface area contributed by atoms with Gasteiger partial charge in [0.1, 0.15) is 5.69 Å². The fourth-order valence-corrected chi connectivity index (χ4v) is 4.31. The summed E-state index contributed by atoms with van der Waals surface area (Å²) in [6, 6.07) is 0. The third-order valence-electron chi connectivity index (χ3n) is 5.95. The highest BCUT2D eigenvalue weighted by Crippen LogP contribution is 2.26. The molecular formula is C21H31N3O4. The van der Waals surface area contributed by atoms with Crippen molar-refractivity contribution < 1.29 is 19.1 Å². The molecule has 2 fully saturated rings. The van der Waals surface area contributed by atoms with E-state index in [1.165, 1.54) is 0 Å². The molecule has 0 aromatic carbocycles. The van der Waals surface area contributed by atoms with Crippen LogP contribution in [0.1, 0.15) is 71.1 Å². The molecule has 2 saturated heterocycles. The molecule has 1 aromatic rings. The molecule has 3 heterocycles. The Labute approximate surface area is 166 Å². The number of hydrogen-bond acceptors (Lipinski definition) is 4. The Kier molecular flexibility index (Phi) is 6.42. The molecule has 1 aromatic heterocycles. The predicted molar refractivity (Wildman–Crippen MR) is 105 cm³/mol. The number of piperidine rings is 1. The van der Waals surface area contributed by atoms with Gasteiger partial charge in [0.15, 0.2) is 0 Å². The summed E-state index contributed by atoms with van der Waals surface area (Å²) in [6.45, 7) is 8.70. The Balaban J connectivity index is 1.58. The van der Waals surface area contributed by atoms with E-state index in [2.05, 4.69) is 4.98 Å². The van der Waals surface area contributed by atoms with E-state index in [0.717, 1.165) is 38.8 Å². The van der Waals surface area contributed by atoms with Crippen LogP contribution in [0.3, 0.4) is 0 Å². The van der Waals surface area contributed by atoms with Crippen LogP contribution in [0.15, 0.2) is 0 Å². The third-order valence-corrected chi connectivity index (χ3v) is 5.95. The maximum atomic E-state index is 13.0. The highest BCUT2D eigenvalue weighted by Gasteiger charge is 2.30. The molecule has 3 rings (SSSR count). The van der Waals surface area contributed by atoms with Gasteiger partial charge in [0, 0.05) is 38.3 Å².